The molecule has 6 heteroatoms. The van der Waals surface area contributed by atoms with E-state index in [1.165, 1.54) is 16.7 Å². The summed E-state index contributed by atoms with van der Waals surface area (Å²) in [7, 11) is 1.56. The first-order chi connectivity index (χ1) is 8.54. The Morgan fingerprint density at radius 2 is 2.11 bits per heavy atom. The number of Topliss-reactive ketones (excluding diaryl/α,β-unsaturated/α-hetero) is 1. The molecule has 1 aromatic carbocycles. The Labute approximate surface area is 102 Å². The van der Waals surface area contributed by atoms with E-state index >= 15 is 0 Å². The van der Waals surface area contributed by atoms with Crippen molar-refractivity contribution in [3.8, 4) is 0 Å². The van der Waals surface area contributed by atoms with Crippen LogP contribution in [-0.4, -0.2) is 22.9 Å². The number of carbonyl (C=O) groups excluding carboxylic acids is 2. The summed E-state index contributed by atoms with van der Waals surface area (Å²) in [5.74, 6) is -2.20. The van der Waals surface area contributed by atoms with E-state index in [4.69, 9.17) is 4.42 Å². The molecule has 0 saturated carbocycles. The normalized spacial score (nSPS) is 10.6. The lowest BCUT2D eigenvalue weighted by Crippen LogP contribution is -2.17. The summed E-state index contributed by atoms with van der Waals surface area (Å²) >= 11 is 0. The summed E-state index contributed by atoms with van der Waals surface area (Å²) in [4.78, 5) is 34.2. The quantitative estimate of drug-likeness (QED) is 0.458. The fourth-order valence-corrected chi connectivity index (χ4v) is 1.59. The smallest absolute Gasteiger partial charge is 0.419 e. The van der Waals surface area contributed by atoms with E-state index in [-0.39, 0.29) is 17.8 Å². The molecule has 0 aliphatic carbocycles. The second-order valence-electron chi connectivity index (χ2n) is 3.66. The molecule has 2 aromatic rings. The fourth-order valence-electron chi connectivity index (χ4n) is 1.59. The highest BCUT2D eigenvalue weighted by molar-refractivity contribution is 6.40. The topological polar surface area (TPSA) is 78.5 Å². The largest absolute Gasteiger partial charge is 0.460 e. The Bertz CT molecular complexity index is 679. The number of benzene rings is 1. The standard InChI is InChI=1S/C12H11NO5/c1-3-17-11(15)10(14)7-4-5-8-9(6-7)18-12(16)13(8)2/h4-6H,3H2,1-2H3. The number of carbonyl (C=O) groups is 2. The third kappa shape index (κ3) is 1.92. The molecule has 0 aliphatic heterocycles. The number of nitrogens with zero attached hydrogens (tertiary/aromatic N) is 1. The van der Waals surface area contributed by atoms with E-state index in [1.54, 1.807) is 20.0 Å². The Morgan fingerprint density at radius 1 is 1.39 bits per heavy atom. The molecule has 0 bridgehead atoms. The molecular weight excluding hydrogens is 238 g/mol. The zero-order valence-corrected chi connectivity index (χ0v) is 9.93. The van der Waals surface area contributed by atoms with Crippen molar-refractivity contribution in [2.24, 2.45) is 7.05 Å². The molecule has 1 aromatic heterocycles. The summed E-state index contributed by atoms with van der Waals surface area (Å²) in [5.41, 5.74) is 0.952. The molecule has 94 valence electrons. The number of fused-ring (bicyclic) bond motifs is 1. The van der Waals surface area contributed by atoms with Gasteiger partial charge in [0.05, 0.1) is 12.1 Å². The lowest BCUT2D eigenvalue weighted by atomic mass is 10.1. The van der Waals surface area contributed by atoms with Crippen LogP contribution in [0, 0.1) is 0 Å². The number of ether oxygens (including phenoxy) is 1. The van der Waals surface area contributed by atoms with Crippen LogP contribution < -0.4 is 5.76 Å². The highest BCUT2D eigenvalue weighted by Gasteiger charge is 2.19. The summed E-state index contributed by atoms with van der Waals surface area (Å²) < 4.78 is 10.9. The highest BCUT2D eigenvalue weighted by atomic mass is 16.5. The van der Waals surface area contributed by atoms with Gasteiger partial charge in [-0.2, -0.15) is 0 Å². The molecule has 1 heterocycles. The number of hydrogen-bond acceptors (Lipinski definition) is 5. The second-order valence-corrected chi connectivity index (χ2v) is 3.66. The van der Waals surface area contributed by atoms with Crippen molar-refractivity contribution in [1.82, 2.24) is 4.57 Å². The van der Waals surface area contributed by atoms with Crippen molar-refractivity contribution in [2.45, 2.75) is 6.92 Å². The molecule has 0 aliphatic rings. The first-order valence-corrected chi connectivity index (χ1v) is 5.35. The fraction of sp³-hybridized carbons (Fsp3) is 0.250. The second kappa shape index (κ2) is 4.48. The maximum atomic E-state index is 11.7. The van der Waals surface area contributed by atoms with Crippen molar-refractivity contribution in [1.29, 1.82) is 0 Å². The van der Waals surface area contributed by atoms with Gasteiger partial charge in [0.2, 0.25) is 0 Å². The highest BCUT2D eigenvalue weighted by Crippen LogP contribution is 2.15. The van der Waals surface area contributed by atoms with Crippen LogP contribution in [0.5, 0.6) is 0 Å². The molecular formula is C12H11NO5. The summed E-state index contributed by atoms with van der Waals surface area (Å²) in [6.07, 6.45) is 0. The van der Waals surface area contributed by atoms with Crippen LogP contribution in [0.15, 0.2) is 27.4 Å². The van der Waals surface area contributed by atoms with Crippen LogP contribution in [0.25, 0.3) is 11.1 Å². The predicted molar refractivity (Wildman–Crippen MR) is 62.4 cm³/mol. The first kappa shape index (κ1) is 12.1. The molecule has 0 spiro atoms. The zero-order chi connectivity index (χ0) is 13.3. The van der Waals surface area contributed by atoms with E-state index < -0.39 is 17.5 Å². The zero-order valence-electron chi connectivity index (χ0n) is 9.93. The minimum Gasteiger partial charge on any atom is -0.460 e. The average molecular weight is 249 g/mol. The van der Waals surface area contributed by atoms with Gasteiger partial charge in [-0.25, -0.2) is 9.59 Å². The molecule has 0 unspecified atom stereocenters. The van der Waals surface area contributed by atoms with Crippen LogP contribution in [-0.2, 0) is 16.6 Å². The van der Waals surface area contributed by atoms with Gasteiger partial charge in [0.1, 0.15) is 0 Å². The van der Waals surface area contributed by atoms with Crippen molar-refractivity contribution >= 4 is 22.9 Å². The number of hydrogen-bond donors (Lipinski definition) is 0. The Morgan fingerprint density at radius 3 is 2.78 bits per heavy atom. The lowest BCUT2D eigenvalue weighted by molar-refractivity contribution is -0.137. The minimum atomic E-state index is -0.921. The Balaban J connectivity index is 2.45. The number of ketones is 1. The van der Waals surface area contributed by atoms with Crippen molar-refractivity contribution < 1.29 is 18.7 Å². The van der Waals surface area contributed by atoms with Crippen molar-refractivity contribution in [2.75, 3.05) is 6.61 Å². The van der Waals surface area contributed by atoms with Gasteiger partial charge in [-0.1, -0.05) is 0 Å². The monoisotopic (exact) mass is 249 g/mol. The molecule has 0 saturated heterocycles. The molecule has 2 rings (SSSR count). The lowest BCUT2D eigenvalue weighted by Gasteiger charge is -2.00. The van der Waals surface area contributed by atoms with Gasteiger partial charge in [-0.15, -0.1) is 0 Å². The molecule has 0 amide bonds. The van der Waals surface area contributed by atoms with Crippen molar-refractivity contribution in [3.05, 3.63) is 34.3 Å². The van der Waals surface area contributed by atoms with E-state index in [0.717, 1.165) is 0 Å². The van der Waals surface area contributed by atoms with Gasteiger partial charge in [0.25, 0.3) is 5.78 Å². The molecule has 6 nitrogen and oxygen atoms in total. The predicted octanol–water partition coefficient (Wildman–Crippen LogP) is 0.877. The SMILES string of the molecule is CCOC(=O)C(=O)c1ccc2c(c1)oc(=O)n2C. The molecule has 0 fully saturated rings. The van der Waals surface area contributed by atoms with E-state index in [1.807, 2.05) is 0 Å². The van der Waals surface area contributed by atoms with Crippen LogP contribution in [0.2, 0.25) is 0 Å². The maximum absolute atomic E-state index is 11.7. The molecule has 18 heavy (non-hydrogen) atoms. The van der Waals surface area contributed by atoms with Gasteiger partial charge in [0.15, 0.2) is 5.58 Å². The maximum Gasteiger partial charge on any atom is 0.419 e. The number of aromatic nitrogens is 1. The number of aryl methyl sites for hydroxylation is 1. The van der Waals surface area contributed by atoms with Gasteiger partial charge in [-0.3, -0.25) is 9.36 Å². The van der Waals surface area contributed by atoms with Crippen LogP contribution in [0.1, 0.15) is 17.3 Å². The van der Waals surface area contributed by atoms with Crippen LogP contribution >= 0.6 is 0 Å². The summed E-state index contributed by atoms with van der Waals surface area (Å²) in [6.45, 7) is 1.75. The summed E-state index contributed by atoms with van der Waals surface area (Å²) in [6, 6.07) is 4.36. The molecule has 0 radical (unpaired) electrons. The molecule has 0 atom stereocenters. The summed E-state index contributed by atoms with van der Waals surface area (Å²) in [5, 5.41) is 0. The van der Waals surface area contributed by atoms with E-state index in [9.17, 15) is 14.4 Å². The number of oxazole rings is 1. The van der Waals surface area contributed by atoms with Gasteiger partial charge < -0.3 is 9.15 Å². The Kier molecular flexibility index (Phi) is 3.01. The van der Waals surface area contributed by atoms with E-state index in [0.29, 0.717) is 5.52 Å². The number of esters is 1. The van der Waals surface area contributed by atoms with Gasteiger partial charge >= 0.3 is 11.7 Å². The molecule has 0 N–H and O–H groups in total. The third-order valence-corrected chi connectivity index (χ3v) is 2.52. The van der Waals surface area contributed by atoms with Crippen LogP contribution in [0.3, 0.4) is 0 Å². The Hall–Kier alpha value is -2.37. The van der Waals surface area contributed by atoms with Gasteiger partial charge in [-0.05, 0) is 25.1 Å². The van der Waals surface area contributed by atoms with Crippen molar-refractivity contribution in [3.63, 3.8) is 0 Å². The first-order valence-electron chi connectivity index (χ1n) is 5.35. The number of rotatable bonds is 3. The van der Waals surface area contributed by atoms with Gasteiger partial charge in [0, 0.05) is 12.6 Å². The minimum absolute atomic E-state index is 0.132. The van der Waals surface area contributed by atoms with Crippen LogP contribution in [0.4, 0.5) is 0 Å². The average Bonchev–Trinajstić information content (AvgIpc) is 2.64. The third-order valence-electron chi connectivity index (χ3n) is 2.52. The van der Waals surface area contributed by atoms with E-state index in [2.05, 4.69) is 4.74 Å².